The van der Waals surface area contributed by atoms with Crippen molar-refractivity contribution in [2.45, 2.75) is 19.3 Å². The van der Waals surface area contributed by atoms with Gasteiger partial charge in [0.05, 0.1) is 4.94 Å². The third-order valence-corrected chi connectivity index (χ3v) is 2.31. The first-order valence-electron chi connectivity index (χ1n) is 4.82. The topological polar surface area (TPSA) is 93.7 Å². The summed E-state index contributed by atoms with van der Waals surface area (Å²) in [6.07, 6.45) is 2.79. The predicted octanol–water partition coefficient (Wildman–Crippen LogP) is 0.210. The van der Waals surface area contributed by atoms with Gasteiger partial charge in [0.15, 0.2) is 6.61 Å². The van der Waals surface area contributed by atoms with E-state index in [0.717, 1.165) is 25.9 Å². The summed E-state index contributed by atoms with van der Waals surface area (Å²) in [6, 6.07) is 0. The third-order valence-electron chi connectivity index (χ3n) is 2.31. The number of nitrogens with zero attached hydrogens (tertiary/aromatic N) is 2. The zero-order valence-electron chi connectivity index (χ0n) is 8.26. The smallest absolute Gasteiger partial charge is 0.317 e. The molecule has 1 aliphatic rings. The second-order valence-corrected chi connectivity index (χ2v) is 3.34. The van der Waals surface area contributed by atoms with Gasteiger partial charge in [0.2, 0.25) is 0 Å². The Labute approximate surface area is 86.1 Å². The zero-order valence-corrected chi connectivity index (χ0v) is 8.26. The molecule has 0 radical (unpaired) electrons. The Balaban J connectivity index is 2.04. The fourth-order valence-electron chi connectivity index (χ4n) is 1.54. The lowest BCUT2D eigenvalue weighted by Crippen LogP contribution is -2.28. The number of piperidine rings is 1. The van der Waals surface area contributed by atoms with Gasteiger partial charge in [0, 0.05) is 0 Å². The van der Waals surface area contributed by atoms with E-state index in [1.807, 2.05) is 0 Å². The highest BCUT2D eigenvalue weighted by atomic mass is 17.2. The van der Waals surface area contributed by atoms with E-state index in [-0.39, 0.29) is 6.61 Å². The van der Waals surface area contributed by atoms with E-state index in [9.17, 15) is 15.0 Å². The highest BCUT2D eigenvalue weighted by Crippen LogP contribution is 2.15. The van der Waals surface area contributed by atoms with Crippen LogP contribution in [0.5, 0.6) is 0 Å². The van der Waals surface area contributed by atoms with Gasteiger partial charge in [0.25, 0.3) is 0 Å². The van der Waals surface area contributed by atoms with Crippen LogP contribution in [0.4, 0.5) is 0 Å². The summed E-state index contributed by atoms with van der Waals surface area (Å²) in [5.74, 6) is 0.509. The molecule has 1 rings (SSSR count). The standard InChI is InChI=1S/C7H14N3O5/c11-9(12)15-10(13)14-6-3-7-1-4-8-5-2-7/h7-8H,1-6H2/q+1. The molecule has 1 heterocycles. The maximum Gasteiger partial charge on any atom is 0.475 e. The third kappa shape index (κ3) is 5.11. The zero-order chi connectivity index (χ0) is 11.1. The molecular formula is C7H14N3O5+. The van der Waals surface area contributed by atoms with E-state index in [1.54, 1.807) is 0 Å². The molecule has 1 N–H and O–H groups in total. The average Bonchev–Trinajstić information content (AvgIpc) is 2.18. The van der Waals surface area contributed by atoms with Crippen molar-refractivity contribution in [3.8, 4) is 0 Å². The number of rotatable bonds is 6. The molecule has 0 aromatic rings. The summed E-state index contributed by atoms with van der Waals surface area (Å²) >= 11 is 0. The van der Waals surface area contributed by atoms with Crippen LogP contribution in [0.3, 0.4) is 0 Å². The van der Waals surface area contributed by atoms with Crippen molar-refractivity contribution in [2.24, 2.45) is 5.92 Å². The van der Waals surface area contributed by atoms with Crippen LogP contribution in [-0.2, 0) is 9.78 Å². The lowest BCUT2D eigenvalue weighted by atomic mass is 9.95. The Kier molecular flexibility index (Phi) is 4.75. The lowest BCUT2D eigenvalue weighted by Gasteiger charge is -2.20. The van der Waals surface area contributed by atoms with Crippen LogP contribution in [0.1, 0.15) is 19.3 Å². The molecule has 8 heteroatoms. The highest BCUT2D eigenvalue weighted by molar-refractivity contribution is 4.67. The second kappa shape index (κ2) is 6.12. The van der Waals surface area contributed by atoms with Gasteiger partial charge in [0.1, 0.15) is 4.91 Å². The van der Waals surface area contributed by atoms with Crippen LogP contribution >= 0.6 is 0 Å². The monoisotopic (exact) mass is 220 g/mol. The van der Waals surface area contributed by atoms with Crippen molar-refractivity contribution < 1.29 is 19.9 Å². The van der Waals surface area contributed by atoms with Crippen molar-refractivity contribution in [2.75, 3.05) is 19.7 Å². The van der Waals surface area contributed by atoms with E-state index in [0.29, 0.717) is 12.3 Å². The molecule has 0 spiro atoms. The van der Waals surface area contributed by atoms with E-state index in [2.05, 4.69) is 15.1 Å². The Bertz CT molecular complexity index is 229. The predicted molar refractivity (Wildman–Crippen MR) is 47.9 cm³/mol. The largest absolute Gasteiger partial charge is 0.475 e. The molecule has 1 fully saturated rings. The molecule has 15 heavy (non-hydrogen) atoms. The van der Waals surface area contributed by atoms with Gasteiger partial charge >= 0.3 is 10.2 Å². The number of hydrogen-bond acceptors (Lipinski definition) is 6. The van der Waals surface area contributed by atoms with E-state index < -0.39 is 10.2 Å². The van der Waals surface area contributed by atoms with Crippen LogP contribution in [0.15, 0.2) is 0 Å². The van der Waals surface area contributed by atoms with Crippen LogP contribution in [0.25, 0.3) is 0 Å². The molecule has 1 saturated heterocycles. The van der Waals surface area contributed by atoms with Gasteiger partial charge < -0.3 is 5.32 Å². The normalized spacial score (nSPS) is 17.1. The van der Waals surface area contributed by atoms with Gasteiger partial charge in [-0.15, -0.1) is 10.1 Å². The van der Waals surface area contributed by atoms with Gasteiger partial charge in [-0.05, 0) is 38.3 Å². The molecule has 0 bridgehead atoms. The number of nitrogens with one attached hydrogen (secondary N) is 1. The van der Waals surface area contributed by atoms with Crippen molar-refractivity contribution in [1.82, 2.24) is 5.32 Å². The van der Waals surface area contributed by atoms with Crippen molar-refractivity contribution in [1.29, 1.82) is 0 Å². The van der Waals surface area contributed by atoms with E-state index >= 15 is 0 Å². The van der Waals surface area contributed by atoms with Crippen LogP contribution in [0, 0.1) is 20.9 Å². The summed E-state index contributed by atoms with van der Waals surface area (Å²) in [6.45, 7) is 2.08. The Morgan fingerprint density at radius 2 is 2.00 bits per heavy atom. The van der Waals surface area contributed by atoms with Crippen molar-refractivity contribution >= 4 is 0 Å². The average molecular weight is 220 g/mol. The first-order valence-corrected chi connectivity index (χ1v) is 4.82. The van der Waals surface area contributed by atoms with Crippen molar-refractivity contribution in [3.63, 3.8) is 0 Å². The summed E-state index contributed by atoms with van der Waals surface area (Å²) in [7, 11) is 0. The Morgan fingerprint density at radius 3 is 2.60 bits per heavy atom. The minimum Gasteiger partial charge on any atom is -0.317 e. The first kappa shape index (κ1) is 11.6. The molecule has 0 aromatic heterocycles. The van der Waals surface area contributed by atoms with Crippen molar-refractivity contribution in [3.05, 3.63) is 15.0 Å². The van der Waals surface area contributed by atoms with E-state index in [4.69, 9.17) is 0 Å². The minimum atomic E-state index is -1.21. The molecule has 0 unspecified atom stereocenters. The number of hydrogen-bond donors (Lipinski definition) is 1. The van der Waals surface area contributed by atoms with E-state index in [1.165, 1.54) is 0 Å². The van der Waals surface area contributed by atoms with Crippen LogP contribution < -0.4 is 5.32 Å². The van der Waals surface area contributed by atoms with Crippen LogP contribution in [0.2, 0.25) is 0 Å². The molecule has 0 atom stereocenters. The molecule has 0 saturated carbocycles. The fraction of sp³-hybridized carbons (Fsp3) is 1.00. The molecule has 8 nitrogen and oxygen atoms in total. The SMILES string of the molecule is O=[N+]([O-])O[N+](=O)OCCC1CCNCC1. The second-order valence-electron chi connectivity index (χ2n) is 3.34. The molecule has 0 aliphatic carbocycles. The molecule has 86 valence electrons. The van der Waals surface area contributed by atoms with Gasteiger partial charge in [-0.1, -0.05) is 0 Å². The fourth-order valence-corrected chi connectivity index (χ4v) is 1.54. The van der Waals surface area contributed by atoms with Crippen LogP contribution in [-0.4, -0.2) is 29.9 Å². The molecule has 1 aliphatic heterocycles. The molecular weight excluding hydrogens is 206 g/mol. The van der Waals surface area contributed by atoms with Gasteiger partial charge in [-0.25, -0.2) is 0 Å². The molecule has 0 amide bonds. The Hall–Kier alpha value is -1.44. The summed E-state index contributed by atoms with van der Waals surface area (Å²) in [4.78, 5) is 28.2. The Morgan fingerprint density at radius 1 is 1.33 bits per heavy atom. The summed E-state index contributed by atoms with van der Waals surface area (Å²) in [5, 5.41) is 11.3. The first-order chi connectivity index (χ1) is 7.18. The highest BCUT2D eigenvalue weighted by Gasteiger charge is 2.20. The maximum atomic E-state index is 10.5. The molecule has 0 aromatic carbocycles. The van der Waals surface area contributed by atoms with Gasteiger partial charge in [-0.2, -0.15) is 4.84 Å². The summed E-state index contributed by atoms with van der Waals surface area (Å²) < 4.78 is 0. The summed E-state index contributed by atoms with van der Waals surface area (Å²) in [5.41, 5.74) is 0. The maximum absolute atomic E-state index is 10.5. The van der Waals surface area contributed by atoms with Gasteiger partial charge in [-0.3, -0.25) is 0 Å². The lowest BCUT2D eigenvalue weighted by molar-refractivity contribution is -1.14. The minimum absolute atomic E-state index is 0.141. The quantitative estimate of drug-likeness (QED) is 0.508.